The van der Waals surface area contributed by atoms with E-state index in [4.69, 9.17) is 4.74 Å². The van der Waals surface area contributed by atoms with E-state index in [0.29, 0.717) is 6.61 Å². The number of hydrogen-bond donors (Lipinski definition) is 1. The number of phenols is 1. The van der Waals surface area contributed by atoms with Crippen molar-refractivity contribution in [1.29, 1.82) is 0 Å². The van der Waals surface area contributed by atoms with Gasteiger partial charge in [0, 0.05) is 19.5 Å². The number of carbonyl (C=O) groups excluding carboxylic acids is 1. The van der Waals surface area contributed by atoms with Gasteiger partial charge in [-0.15, -0.1) is 0 Å². The second-order valence-electron chi connectivity index (χ2n) is 5.84. The first-order valence-corrected chi connectivity index (χ1v) is 8.70. The molecular formula is C19H30O3Zn. The Bertz CT molecular complexity index is 421. The van der Waals surface area contributed by atoms with Crippen LogP contribution in [0.4, 0.5) is 0 Å². The van der Waals surface area contributed by atoms with Crippen LogP contribution in [-0.2, 0) is 24.2 Å². The maximum Gasteiger partial charge on any atom is 0.341 e. The molecule has 1 aromatic rings. The molecule has 1 N–H and O–H groups in total. The van der Waals surface area contributed by atoms with E-state index in [1.165, 1.54) is 57.4 Å². The predicted octanol–water partition coefficient (Wildman–Crippen LogP) is 5.47. The minimum Gasteiger partial charge on any atom is -0.507 e. The van der Waals surface area contributed by atoms with E-state index >= 15 is 0 Å². The van der Waals surface area contributed by atoms with Crippen molar-refractivity contribution in [2.75, 3.05) is 6.61 Å². The van der Waals surface area contributed by atoms with Crippen LogP contribution in [0.25, 0.3) is 0 Å². The Kier molecular flexibility index (Phi) is 14.1. The first kappa shape index (κ1) is 22.1. The Balaban J connectivity index is 0.00000484. The van der Waals surface area contributed by atoms with E-state index in [1.807, 2.05) is 0 Å². The van der Waals surface area contributed by atoms with Crippen LogP contribution >= 0.6 is 0 Å². The fourth-order valence-corrected chi connectivity index (χ4v) is 2.48. The maximum absolute atomic E-state index is 11.7. The summed E-state index contributed by atoms with van der Waals surface area (Å²) in [5.74, 6) is -0.454. The molecular weight excluding hydrogens is 342 g/mol. The fourth-order valence-electron chi connectivity index (χ4n) is 2.48. The second-order valence-corrected chi connectivity index (χ2v) is 5.84. The second kappa shape index (κ2) is 14.7. The number of carbonyl (C=O) groups is 1. The summed E-state index contributed by atoms with van der Waals surface area (Å²) in [6.45, 7) is 2.68. The van der Waals surface area contributed by atoms with Gasteiger partial charge in [-0.3, -0.25) is 0 Å². The van der Waals surface area contributed by atoms with Crippen LogP contribution in [0.2, 0.25) is 0 Å². The number of para-hydroxylation sites is 1. The molecule has 23 heavy (non-hydrogen) atoms. The van der Waals surface area contributed by atoms with E-state index in [-0.39, 0.29) is 30.8 Å². The molecule has 0 radical (unpaired) electrons. The van der Waals surface area contributed by atoms with Gasteiger partial charge in [0.2, 0.25) is 0 Å². The molecule has 0 amide bonds. The van der Waals surface area contributed by atoms with Gasteiger partial charge >= 0.3 is 5.97 Å². The first-order chi connectivity index (χ1) is 10.8. The molecule has 0 aliphatic heterocycles. The van der Waals surface area contributed by atoms with Crippen LogP contribution < -0.4 is 0 Å². The average molecular weight is 372 g/mol. The molecule has 1 rings (SSSR count). The molecule has 1 aromatic carbocycles. The average Bonchev–Trinajstić information content (AvgIpc) is 2.53. The predicted molar refractivity (Wildman–Crippen MR) is 90.2 cm³/mol. The molecule has 0 atom stereocenters. The zero-order chi connectivity index (χ0) is 16.0. The van der Waals surface area contributed by atoms with E-state index in [9.17, 15) is 9.90 Å². The first-order valence-electron chi connectivity index (χ1n) is 8.70. The van der Waals surface area contributed by atoms with Gasteiger partial charge in [-0.05, 0) is 18.6 Å². The van der Waals surface area contributed by atoms with Gasteiger partial charge in [0.05, 0.1) is 6.61 Å². The molecule has 0 aromatic heterocycles. The molecule has 0 spiro atoms. The topological polar surface area (TPSA) is 46.5 Å². The molecule has 0 aliphatic rings. The normalized spacial score (nSPS) is 10.1. The van der Waals surface area contributed by atoms with E-state index in [2.05, 4.69) is 6.92 Å². The van der Waals surface area contributed by atoms with Crippen LogP contribution in [0.15, 0.2) is 24.3 Å². The Morgan fingerprint density at radius 1 is 0.913 bits per heavy atom. The third-order valence-corrected chi connectivity index (χ3v) is 3.86. The van der Waals surface area contributed by atoms with Gasteiger partial charge in [-0.2, -0.15) is 0 Å². The molecule has 4 heteroatoms. The molecule has 126 valence electrons. The Morgan fingerprint density at radius 3 is 2.00 bits per heavy atom. The molecule has 0 saturated carbocycles. The molecule has 0 heterocycles. The quantitative estimate of drug-likeness (QED) is 0.301. The molecule has 3 nitrogen and oxygen atoms in total. The van der Waals surface area contributed by atoms with Crippen molar-refractivity contribution in [1.82, 2.24) is 0 Å². The maximum atomic E-state index is 11.7. The smallest absolute Gasteiger partial charge is 0.341 e. The van der Waals surface area contributed by atoms with Gasteiger partial charge in [0.25, 0.3) is 0 Å². The van der Waals surface area contributed by atoms with Gasteiger partial charge < -0.3 is 9.84 Å². The van der Waals surface area contributed by atoms with Crippen molar-refractivity contribution >= 4 is 5.97 Å². The Morgan fingerprint density at radius 2 is 1.43 bits per heavy atom. The number of benzene rings is 1. The number of unbranched alkanes of at least 4 members (excludes halogenated alkanes) is 9. The summed E-state index contributed by atoms with van der Waals surface area (Å²) in [4.78, 5) is 11.7. The molecule has 0 unspecified atom stereocenters. The van der Waals surface area contributed by atoms with Gasteiger partial charge in [0.1, 0.15) is 11.3 Å². The molecule has 0 bridgehead atoms. The largest absolute Gasteiger partial charge is 0.507 e. The number of esters is 1. The summed E-state index contributed by atoms with van der Waals surface area (Å²) < 4.78 is 5.18. The van der Waals surface area contributed by atoms with Crippen LogP contribution in [0, 0.1) is 0 Å². The molecule has 0 fully saturated rings. The van der Waals surface area contributed by atoms with Crippen LogP contribution in [-0.4, -0.2) is 17.7 Å². The standard InChI is InChI=1S/C19H30O3.Zn/c1-2-3-4-5-6-7-8-9-10-13-16-22-19(21)17-14-11-12-15-18(17)20;/h11-12,14-15,20H,2-10,13,16H2,1H3;. The van der Waals surface area contributed by atoms with Gasteiger partial charge in [-0.1, -0.05) is 76.8 Å². The van der Waals surface area contributed by atoms with E-state index in [1.54, 1.807) is 18.2 Å². The number of rotatable bonds is 12. The van der Waals surface area contributed by atoms with Crippen molar-refractivity contribution in [3.63, 3.8) is 0 Å². The third-order valence-electron chi connectivity index (χ3n) is 3.86. The zero-order valence-corrected chi connectivity index (χ0v) is 17.5. The van der Waals surface area contributed by atoms with E-state index in [0.717, 1.165) is 12.8 Å². The van der Waals surface area contributed by atoms with E-state index < -0.39 is 5.97 Å². The minimum absolute atomic E-state index is 0. The summed E-state index contributed by atoms with van der Waals surface area (Å²) in [6.07, 6.45) is 12.6. The fraction of sp³-hybridized carbons (Fsp3) is 0.632. The van der Waals surface area contributed by atoms with Gasteiger partial charge in [-0.25, -0.2) is 4.79 Å². The van der Waals surface area contributed by atoms with Crippen molar-refractivity contribution in [2.45, 2.75) is 71.1 Å². The summed E-state index contributed by atoms with van der Waals surface area (Å²) in [7, 11) is 0. The number of hydrogen-bond acceptors (Lipinski definition) is 3. The Labute approximate surface area is 153 Å². The minimum atomic E-state index is -0.436. The summed E-state index contributed by atoms with van der Waals surface area (Å²) in [5.41, 5.74) is 0.245. The summed E-state index contributed by atoms with van der Waals surface area (Å²) in [5, 5.41) is 9.56. The van der Waals surface area contributed by atoms with Crippen molar-refractivity contribution in [3.05, 3.63) is 29.8 Å². The van der Waals surface area contributed by atoms with Crippen molar-refractivity contribution in [2.24, 2.45) is 0 Å². The monoisotopic (exact) mass is 370 g/mol. The SMILES string of the molecule is CCCCCCCCCCCCOC(=O)c1ccccc1O.[Zn]. The number of phenolic OH excluding ortho intramolecular Hbond substituents is 1. The summed E-state index contributed by atoms with van der Waals surface area (Å²) >= 11 is 0. The number of aromatic hydroxyl groups is 1. The number of ether oxygens (including phenoxy) is 1. The summed E-state index contributed by atoms with van der Waals surface area (Å²) in [6, 6.07) is 6.48. The molecule has 0 aliphatic carbocycles. The van der Waals surface area contributed by atoms with Crippen LogP contribution in [0.1, 0.15) is 81.5 Å². The third kappa shape index (κ3) is 10.5. The zero-order valence-electron chi connectivity index (χ0n) is 14.6. The Hall–Kier alpha value is -0.887. The van der Waals surface area contributed by atoms with Crippen LogP contribution in [0.5, 0.6) is 5.75 Å². The molecule has 0 saturated heterocycles. The van der Waals surface area contributed by atoms with Crippen molar-refractivity contribution in [3.8, 4) is 5.75 Å². The van der Waals surface area contributed by atoms with Crippen molar-refractivity contribution < 1.29 is 34.1 Å². The van der Waals surface area contributed by atoms with Crippen LogP contribution in [0.3, 0.4) is 0 Å². The van der Waals surface area contributed by atoms with Gasteiger partial charge in [0.15, 0.2) is 0 Å².